The number of thiazole rings is 1. The fourth-order valence-corrected chi connectivity index (χ4v) is 7.94. The van der Waals surface area contributed by atoms with Crippen molar-refractivity contribution < 1.29 is 28.2 Å². The number of nitrogens with zero attached hydrogens (tertiary/aromatic N) is 5. The molecule has 268 valence electrons. The van der Waals surface area contributed by atoms with Gasteiger partial charge in [0.1, 0.15) is 23.1 Å². The van der Waals surface area contributed by atoms with Crippen LogP contribution in [0.5, 0.6) is 11.5 Å². The number of fused-ring (bicyclic) bond motifs is 1. The molecule has 51 heavy (non-hydrogen) atoms. The standard InChI is InChI=1S/C38H43FN6O5S/c1-23(2)49-28-10-12-30(13-11-28)50-29-8-6-26(7-9-29)45-21-27-20-43(16-17-44(27)38(45)47)22-32-33(37(46)48-4)34(31-14-5-25(39)19-24(31)3)42-35(41-32)36-40-15-18-51-36/h5-6,8-15,18-19,23-24,26-27,31,34H,7,16-17,20-22H2,1-4H3,(H,41,42)/t24?,26?,27?,31?,34-/m0/s1. The van der Waals surface area contributed by atoms with Crippen LogP contribution in [-0.4, -0.2) is 102 Å². The van der Waals surface area contributed by atoms with Crippen LogP contribution >= 0.6 is 11.3 Å². The summed E-state index contributed by atoms with van der Waals surface area (Å²) in [6, 6.07) is 6.94. The number of amidine groups is 1. The van der Waals surface area contributed by atoms with E-state index in [9.17, 15) is 14.0 Å². The molecule has 4 heterocycles. The molecule has 0 radical (unpaired) electrons. The highest BCUT2D eigenvalue weighted by Crippen LogP contribution is 2.35. The van der Waals surface area contributed by atoms with Crippen molar-refractivity contribution in [2.75, 3.05) is 39.8 Å². The minimum atomic E-state index is -0.591. The van der Waals surface area contributed by atoms with Crippen molar-refractivity contribution in [1.82, 2.24) is 25.0 Å². The first-order valence-electron chi connectivity index (χ1n) is 17.4. The Morgan fingerprint density at radius 2 is 1.90 bits per heavy atom. The Hall–Kier alpha value is -4.75. The summed E-state index contributed by atoms with van der Waals surface area (Å²) in [7, 11) is 1.37. The molecular weight excluding hydrogens is 672 g/mol. The molecule has 0 spiro atoms. The van der Waals surface area contributed by atoms with Crippen molar-refractivity contribution in [2.45, 2.75) is 51.4 Å². The number of hydrogen-bond acceptors (Lipinski definition) is 10. The number of benzene rings is 1. The average molecular weight is 715 g/mol. The van der Waals surface area contributed by atoms with Crippen LogP contribution in [0.25, 0.3) is 0 Å². The van der Waals surface area contributed by atoms with E-state index >= 15 is 0 Å². The van der Waals surface area contributed by atoms with Gasteiger partial charge in [0.15, 0.2) is 10.8 Å². The number of ether oxygens (including phenoxy) is 3. The number of carbonyl (C=O) groups is 2. The lowest BCUT2D eigenvalue weighted by Gasteiger charge is -2.38. The van der Waals surface area contributed by atoms with Gasteiger partial charge < -0.3 is 29.3 Å². The zero-order chi connectivity index (χ0) is 35.6. The first-order chi connectivity index (χ1) is 24.7. The van der Waals surface area contributed by atoms with Gasteiger partial charge in [-0.2, -0.15) is 0 Å². The van der Waals surface area contributed by atoms with Gasteiger partial charge in [-0.15, -0.1) is 11.3 Å². The van der Waals surface area contributed by atoms with Crippen LogP contribution in [-0.2, 0) is 9.53 Å². The van der Waals surface area contributed by atoms with E-state index in [4.69, 9.17) is 19.2 Å². The number of amides is 2. The second kappa shape index (κ2) is 14.8. The van der Waals surface area contributed by atoms with E-state index in [2.05, 4.69) is 15.2 Å². The van der Waals surface area contributed by atoms with Gasteiger partial charge in [0.25, 0.3) is 0 Å². The van der Waals surface area contributed by atoms with Gasteiger partial charge in [-0.1, -0.05) is 19.1 Å². The van der Waals surface area contributed by atoms with Crippen molar-refractivity contribution in [3.63, 3.8) is 0 Å². The predicted octanol–water partition coefficient (Wildman–Crippen LogP) is 5.46. The van der Waals surface area contributed by atoms with Gasteiger partial charge >= 0.3 is 12.0 Å². The minimum Gasteiger partial charge on any atom is -0.491 e. The van der Waals surface area contributed by atoms with Gasteiger partial charge in [-0.05, 0) is 74.8 Å². The highest BCUT2D eigenvalue weighted by atomic mass is 32.1. The lowest BCUT2D eigenvalue weighted by Crippen LogP contribution is -2.54. The summed E-state index contributed by atoms with van der Waals surface area (Å²) in [4.78, 5) is 42.7. The first-order valence-corrected chi connectivity index (χ1v) is 18.3. The zero-order valence-electron chi connectivity index (χ0n) is 29.2. The third kappa shape index (κ3) is 7.50. The number of hydrogen-bond donors (Lipinski definition) is 1. The van der Waals surface area contributed by atoms with Gasteiger partial charge in [-0.25, -0.2) is 19.0 Å². The summed E-state index contributed by atoms with van der Waals surface area (Å²) < 4.78 is 31.3. The normalized spacial score (nSPS) is 26.4. The van der Waals surface area contributed by atoms with Crippen LogP contribution < -0.4 is 14.8 Å². The quantitative estimate of drug-likeness (QED) is 0.324. The summed E-state index contributed by atoms with van der Waals surface area (Å²) in [5.74, 6) is 1.62. The molecule has 0 saturated carbocycles. The van der Waals surface area contributed by atoms with Crippen LogP contribution in [0.1, 0.15) is 32.2 Å². The Balaban J connectivity index is 1.03. The Bertz CT molecular complexity index is 1820. The highest BCUT2D eigenvalue weighted by Gasteiger charge is 2.44. The molecule has 2 aliphatic carbocycles. The molecule has 1 aromatic heterocycles. The van der Waals surface area contributed by atoms with E-state index < -0.39 is 12.0 Å². The second-order valence-electron chi connectivity index (χ2n) is 13.6. The average Bonchev–Trinajstić information content (AvgIpc) is 3.77. The van der Waals surface area contributed by atoms with Crippen LogP contribution in [0, 0.1) is 11.8 Å². The molecule has 4 unspecified atom stereocenters. The van der Waals surface area contributed by atoms with E-state index in [0.717, 1.165) is 17.3 Å². The van der Waals surface area contributed by atoms with E-state index in [1.807, 2.05) is 78.4 Å². The van der Waals surface area contributed by atoms with Crippen molar-refractivity contribution >= 4 is 29.2 Å². The highest BCUT2D eigenvalue weighted by molar-refractivity contribution is 7.11. The largest absolute Gasteiger partial charge is 0.491 e. The maximum absolute atomic E-state index is 14.2. The SMILES string of the molecule is COC(=O)C1=C(CN2CCN3C(=O)N(C4C=CC(Oc5ccc(OC(C)C)cc5)=CC4)CC3C2)NC(c2nccs2)=N[C@H]1C1C=CC(F)=CC1C. The number of halogens is 1. The maximum Gasteiger partial charge on any atom is 0.337 e. The topological polar surface area (TPSA) is 109 Å². The van der Waals surface area contributed by atoms with E-state index in [-0.39, 0.29) is 41.9 Å². The molecule has 0 bridgehead atoms. The third-order valence-corrected chi connectivity index (χ3v) is 10.6. The zero-order valence-corrected chi connectivity index (χ0v) is 30.0. The number of methoxy groups -OCH3 is 1. The number of nitrogens with one attached hydrogen (secondary N) is 1. The van der Waals surface area contributed by atoms with Gasteiger partial charge in [0.2, 0.25) is 0 Å². The molecule has 11 nitrogen and oxygen atoms in total. The number of esters is 1. The molecule has 7 rings (SSSR count). The molecule has 5 aliphatic rings. The van der Waals surface area contributed by atoms with Crippen molar-refractivity contribution in [3.8, 4) is 11.5 Å². The molecule has 3 aliphatic heterocycles. The van der Waals surface area contributed by atoms with E-state index in [0.29, 0.717) is 61.3 Å². The van der Waals surface area contributed by atoms with Crippen LogP contribution in [0.15, 0.2) is 100 Å². The van der Waals surface area contributed by atoms with Gasteiger partial charge in [0, 0.05) is 55.9 Å². The molecule has 2 saturated heterocycles. The maximum atomic E-state index is 14.2. The number of allylic oxidation sites excluding steroid dienone is 4. The summed E-state index contributed by atoms with van der Waals surface area (Å²) in [5.41, 5.74) is 1.12. The smallest absolute Gasteiger partial charge is 0.337 e. The molecule has 1 aromatic carbocycles. The molecule has 2 fully saturated rings. The molecule has 2 amide bonds. The number of rotatable bonds is 10. The number of aliphatic imine (C=N–C) groups is 1. The molecular formula is C38H43FN6O5S. The Morgan fingerprint density at radius 1 is 1.10 bits per heavy atom. The lowest BCUT2D eigenvalue weighted by molar-refractivity contribution is -0.136. The fraction of sp³-hybridized carbons (Fsp3) is 0.421. The second-order valence-corrected chi connectivity index (χ2v) is 14.5. The van der Waals surface area contributed by atoms with Gasteiger partial charge in [0.05, 0.1) is 36.9 Å². The van der Waals surface area contributed by atoms with Crippen molar-refractivity contribution in [3.05, 3.63) is 100 Å². The Labute approximate surface area is 301 Å². The van der Waals surface area contributed by atoms with Crippen molar-refractivity contribution in [2.24, 2.45) is 16.8 Å². The molecule has 2 aromatic rings. The number of aromatic nitrogens is 1. The fourth-order valence-electron chi connectivity index (χ4n) is 7.35. The van der Waals surface area contributed by atoms with Crippen LogP contribution in [0.4, 0.5) is 9.18 Å². The summed E-state index contributed by atoms with van der Waals surface area (Å²) in [5, 5.41) is 6.00. The van der Waals surface area contributed by atoms with Crippen LogP contribution in [0.2, 0.25) is 0 Å². The first kappa shape index (κ1) is 34.7. The predicted molar refractivity (Wildman–Crippen MR) is 193 cm³/mol. The number of carbonyl (C=O) groups excluding carboxylic acids is 2. The molecule has 13 heteroatoms. The molecule has 5 atom stereocenters. The van der Waals surface area contributed by atoms with E-state index in [1.54, 1.807) is 18.3 Å². The molecule has 1 N–H and O–H groups in total. The summed E-state index contributed by atoms with van der Waals surface area (Å²) in [6.45, 7) is 8.78. The third-order valence-electron chi connectivity index (χ3n) is 9.79. The lowest BCUT2D eigenvalue weighted by atomic mass is 9.79. The van der Waals surface area contributed by atoms with Crippen LogP contribution in [0.3, 0.4) is 0 Å². The Morgan fingerprint density at radius 3 is 2.59 bits per heavy atom. The van der Waals surface area contributed by atoms with Crippen molar-refractivity contribution in [1.29, 1.82) is 0 Å². The monoisotopic (exact) mass is 714 g/mol. The number of piperazine rings is 1. The van der Waals surface area contributed by atoms with E-state index in [1.165, 1.54) is 24.5 Å². The minimum absolute atomic E-state index is 0.00377. The number of urea groups is 1. The Kier molecular flexibility index (Phi) is 10.1. The van der Waals surface area contributed by atoms with Gasteiger partial charge in [-0.3, -0.25) is 9.89 Å². The summed E-state index contributed by atoms with van der Waals surface area (Å²) >= 11 is 1.45. The summed E-state index contributed by atoms with van der Waals surface area (Å²) in [6.07, 6.45) is 13.3.